The Morgan fingerprint density at radius 2 is 2.07 bits per heavy atom. The molecule has 0 fully saturated rings. The summed E-state index contributed by atoms with van der Waals surface area (Å²) in [5, 5.41) is 25.7. The molecular weight excluding hydrogens is 178 g/mol. The average molecular weight is 183 g/mol. The van der Waals surface area contributed by atoms with Crippen molar-refractivity contribution in [3.63, 3.8) is 0 Å². The van der Waals surface area contributed by atoms with Crippen LogP contribution in [0.25, 0.3) is 0 Å². The molecule has 5 nitrogen and oxygen atoms in total. The molecule has 0 bridgehead atoms. The highest BCUT2D eigenvalue weighted by molar-refractivity contribution is 6.04. The second-order valence-electron chi connectivity index (χ2n) is 2.37. The van der Waals surface area contributed by atoms with Crippen LogP contribution in [-0.2, 0) is 0 Å². The first kappa shape index (κ1) is 9.51. The minimum Gasteiger partial charge on any atom is -0.360 e. The van der Waals surface area contributed by atoms with Crippen LogP contribution in [0.1, 0.15) is 5.69 Å². The number of aliphatic imine (C=N–C) groups is 1. The molecule has 1 heterocycles. The molecule has 0 amide bonds. The van der Waals surface area contributed by atoms with Crippen molar-refractivity contribution in [1.29, 1.82) is 15.8 Å². The van der Waals surface area contributed by atoms with Crippen LogP contribution in [-0.4, -0.2) is 10.7 Å². The molecule has 0 aliphatic carbocycles. The minimum atomic E-state index is -1.02. The van der Waals surface area contributed by atoms with Crippen LogP contribution in [0.2, 0.25) is 0 Å². The van der Waals surface area contributed by atoms with Gasteiger partial charge in [0.2, 0.25) is 6.19 Å². The number of nitrogens with one attached hydrogen (secondary N) is 1. The van der Waals surface area contributed by atoms with Crippen molar-refractivity contribution in [3.05, 3.63) is 24.0 Å². The Bertz CT molecular complexity index is 435. The van der Waals surface area contributed by atoms with E-state index in [2.05, 4.69) is 9.98 Å². The Hall–Kier alpha value is -2.58. The summed E-state index contributed by atoms with van der Waals surface area (Å²) in [6, 6.07) is 6.88. The lowest BCUT2D eigenvalue weighted by molar-refractivity contribution is 1.13. The van der Waals surface area contributed by atoms with Crippen molar-refractivity contribution in [3.8, 4) is 18.3 Å². The number of aromatic amines is 1. The van der Waals surface area contributed by atoms with Crippen molar-refractivity contribution >= 4 is 5.71 Å². The summed E-state index contributed by atoms with van der Waals surface area (Å²) in [5.41, 5.74) is 0.669. The SMILES string of the molecule is N#CN=C(c1ccc[nH]1)C(C#N)C#N. The Morgan fingerprint density at radius 3 is 2.50 bits per heavy atom. The van der Waals surface area contributed by atoms with Crippen LogP contribution in [0.3, 0.4) is 0 Å². The number of H-pyrrole nitrogens is 1. The molecule has 5 heteroatoms. The lowest BCUT2D eigenvalue weighted by atomic mass is 10.0. The first-order valence-electron chi connectivity index (χ1n) is 3.73. The Balaban J connectivity index is 3.14. The molecule has 1 N–H and O–H groups in total. The lowest BCUT2D eigenvalue weighted by Crippen LogP contribution is -2.12. The molecule has 0 spiro atoms. The van der Waals surface area contributed by atoms with Gasteiger partial charge in [-0.15, -0.1) is 0 Å². The highest BCUT2D eigenvalue weighted by atomic mass is 14.8. The number of aromatic nitrogens is 1. The third-order valence-corrected chi connectivity index (χ3v) is 1.58. The normalized spacial score (nSPS) is 10.3. The number of hydrogen-bond donors (Lipinski definition) is 1. The second-order valence-corrected chi connectivity index (χ2v) is 2.37. The maximum absolute atomic E-state index is 8.65. The van der Waals surface area contributed by atoms with Gasteiger partial charge < -0.3 is 4.98 Å². The molecule has 0 saturated heterocycles. The van der Waals surface area contributed by atoms with Gasteiger partial charge in [0.15, 0.2) is 5.92 Å². The van der Waals surface area contributed by atoms with Crippen LogP contribution in [0, 0.1) is 40.0 Å². The van der Waals surface area contributed by atoms with Gasteiger partial charge in [0.1, 0.15) is 5.71 Å². The maximum atomic E-state index is 8.65. The van der Waals surface area contributed by atoms with Crippen molar-refractivity contribution < 1.29 is 0 Å². The van der Waals surface area contributed by atoms with Gasteiger partial charge in [0.05, 0.1) is 17.8 Å². The zero-order valence-corrected chi connectivity index (χ0v) is 7.10. The van der Waals surface area contributed by atoms with Crippen LogP contribution in [0.5, 0.6) is 0 Å². The second kappa shape index (κ2) is 4.45. The van der Waals surface area contributed by atoms with Crippen LogP contribution in [0.15, 0.2) is 23.3 Å². The van der Waals surface area contributed by atoms with E-state index in [9.17, 15) is 0 Å². The van der Waals surface area contributed by atoms with Gasteiger partial charge in [-0.25, -0.2) is 0 Å². The highest BCUT2D eigenvalue weighted by Gasteiger charge is 2.17. The fraction of sp³-hybridized carbons (Fsp3) is 0.111. The van der Waals surface area contributed by atoms with Gasteiger partial charge in [0, 0.05) is 6.20 Å². The molecule has 0 aliphatic heterocycles. The summed E-state index contributed by atoms with van der Waals surface area (Å²) in [4.78, 5) is 6.24. The van der Waals surface area contributed by atoms with Gasteiger partial charge in [-0.3, -0.25) is 0 Å². The predicted octanol–water partition coefficient (Wildman–Crippen LogP) is 0.948. The van der Waals surface area contributed by atoms with E-state index in [4.69, 9.17) is 15.8 Å². The number of nitrogens with zero attached hydrogens (tertiary/aromatic N) is 4. The summed E-state index contributed by atoms with van der Waals surface area (Å²) in [6.45, 7) is 0. The first-order valence-corrected chi connectivity index (χ1v) is 3.73. The number of hydrogen-bond acceptors (Lipinski definition) is 4. The molecule has 0 unspecified atom stereocenters. The fourth-order valence-corrected chi connectivity index (χ4v) is 0.975. The van der Waals surface area contributed by atoms with Crippen LogP contribution in [0.4, 0.5) is 0 Å². The Morgan fingerprint density at radius 1 is 1.36 bits per heavy atom. The van der Waals surface area contributed by atoms with Crippen molar-refractivity contribution in [1.82, 2.24) is 4.98 Å². The molecule has 0 saturated carbocycles. The molecule has 1 aromatic rings. The quantitative estimate of drug-likeness (QED) is 0.545. The van der Waals surface area contributed by atoms with E-state index in [1.54, 1.807) is 36.7 Å². The van der Waals surface area contributed by atoms with E-state index < -0.39 is 5.92 Å². The lowest BCUT2D eigenvalue weighted by Gasteiger charge is -2.00. The minimum absolute atomic E-state index is 0.155. The fourth-order valence-electron chi connectivity index (χ4n) is 0.975. The molecule has 1 aromatic heterocycles. The average Bonchev–Trinajstić information content (AvgIpc) is 2.71. The standard InChI is InChI=1S/C9H5N5/c10-4-7(5-11)9(14-6-12)8-2-1-3-13-8/h1-3,7,13H. The van der Waals surface area contributed by atoms with Gasteiger partial charge in [-0.1, -0.05) is 0 Å². The number of rotatable bonds is 2. The van der Waals surface area contributed by atoms with E-state index >= 15 is 0 Å². The topological polar surface area (TPSA) is 99.5 Å². The Labute approximate surface area is 80.5 Å². The van der Waals surface area contributed by atoms with Crippen molar-refractivity contribution in [2.24, 2.45) is 10.9 Å². The molecule has 0 radical (unpaired) electrons. The van der Waals surface area contributed by atoms with Gasteiger partial charge in [0.25, 0.3) is 0 Å². The summed E-state index contributed by atoms with van der Waals surface area (Å²) in [6.07, 6.45) is 3.20. The summed E-state index contributed by atoms with van der Waals surface area (Å²) in [5.74, 6) is -1.02. The molecule has 1 rings (SSSR count). The van der Waals surface area contributed by atoms with Crippen molar-refractivity contribution in [2.75, 3.05) is 0 Å². The van der Waals surface area contributed by atoms with E-state index in [0.717, 1.165) is 0 Å². The monoisotopic (exact) mass is 183 g/mol. The molecule has 66 valence electrons. The molecular formula is C9H5N5. The summed E-state index contributed by atoms with van der Waals surface area (Å²) in [7, 11) is 0. The molecule has 0 atom stereocenters. The largest absolute Gasteiger partial charge is 0.360 e. The third-order valence-electron chi connectivity index (χ3n) is 1.58. The molecule has 0 aliphatic rings. The van der Waals surface area contributed by atoms with Gasteiger partial charge in [-0.05, 0) is 12.1 Å². The number of nitriles is 3. The van der Waals surface area contributed by atoms with Gasteiger partial charge >= 0.3 is 0 Å². The summed E-state index contributed by atoms with van der Waals surface area (Å²) < 4.78 is 0. The van der Waals surface area contributed by atoms with Gasteiger partial charge in [-0.2, -0.15) is 20.8 Å². The third kappa shape index (κ3) is 1.77. The van der Waals surface area contributed by atoms with Crippen molar-refractivity contribution in [2.45, 2.75) is 0 Å². The highest BCUT2D eigenvalue weighted by Crippen LogP contribution is 2.07. The van der Waals surface area contributed by atoms with E-state index in [1.807, 2.05) is 0 Å². The predicted molar refractivity (Wildman–Crippen MR) is 47.7 cm³/mol. The molecule has 14 heavy (non-hydrogen) atoms. The molecule has 0 aromatic carbocycles. The zero-order valence-electron chi connectivity index (χ0n) is 7.10. The Kier molecular flexibility index (Phi) is 3.02. The van der Waals surface area contributed by atoms with E-state index in [-0.39, 0.29) is 5.71 Å². The van der Waals surface area contributed by atoms with E-state index in [0.29, 0.717) is 5.69 Å². The maximum Gasteiger partial charge on any atom is 0.206 e. The first-order chi connectivity index (χ1) is 6.83. The zero-order chi connectivity index (χ0) is 10.4. The van der Waals surface area contributed by atoms with Crippen LogP contribution < -0.4 is 0 Å². The van der Waals surface area contributed by atoms with E-state index in [1.165, 1.54) is 0 Å². The smallest absolute Gasteiger partial charge is 0.206 e. The van der Waals surface area contributed by atoms with Crippen LogP contribution >= 0.6 is 0 Å². The summed E-state index contributed by atoms with van der Waals surface area (Å²) >= 11 is 0.